The number of para-hydroxylation sites is 1. The van der Waals surface area contributed by atoms with Crippen molar-refractivity contribution in [3.8, 4) is 0 Å². The molecule has 1 amide bonds. The quantitative estimate of drug-likeness (QED) is 0.447. The number of allylic oxidation sites excluding steroid dienone is 1. The van der Waals surface area contributed by atoms with Crippen LogP contribution in [0.15, 0.2) is 82.1 Å². The average molecular weight is 431 g/mol. The van der Waals surface area contributed by atoms with Crippen molar-refractivity contribution in [1.29, 1.82) is 0 Å². The van der Waals surface area contributed by atoms with Gasteiger partial charge in [-0.1, -0.05) is 65.7 Å². The van der Waals surface area contributed by atoms with Gasteiger partial charge >= 0.3 is 0 Å². The summed E-state index contributed by atoms with van der Waals surface area (Å²) in [6, 6.07) is 21.6. The maximum absolute atomic E-state index is 13.1. The first-order chi connectivity index (χ1) is 14.8. The number of benzene rings is 3. The number of carbonyl (C=O) groups excluding carboxylic acids is 1. The van der Waals surface area contributed by atoms with Crippen molar-refractivity contribution >= 4 is 39.0 Å². The molecule has 1 aliphatic rings. The summed E-state index contributed by atoms with van der Waals surface area (Å²) in [5.41, 5.74) is 5.19. The lowest BCUT2D eigenvalue weighted by atomic mass is 9.95. The Morgan fingerprint density at radius 2 is 1.45 bits per heavy atom. The number of rotatable bonds is 4. The van der Waals surface area contributed by atoms with Crippen LogP contribution in [-0.2, 0) is 14.8 Å². The number of nitrogens with zero attached hydrogens (tertiary/aromatic N) is 2. The van der Waals surface area contributed by atoms with Crippen LogP contribution in [-0.4, -0.2) is 27.6 Å². The fraction of sp³-hybridized carbons (Fsp3) is 0.120. The van der Waals surface area contributed by atoms with Crippen LogP contribution in [0, 0.1) is 13.8 Å². The molecule has 4 rings (SSSR count). The summed E-state index contributed by atoms with van der Waals surface area (Å²) in [7, 11) is -2.21. The predicted molar refractivity (Wildman–Crippen MR) is 125 cm³/mol. The molecule has 0 saturated carbocycles. The molecule has 0 aromatic heterocycles. The van der Waals surface area contributed by atoms with Crippen LogP contribution < -0.4 is 4.90 Å². The smallest absolute Gasteiger partial charge is 0.282 e. The SMILES string of the molecule is Cc1ccc(C(/C=N\S(=O)(=O)c2ccc(C)cc2)=C2/C(=O)N(C)c3ccccc32)cc1. The minimum absolute atomic E-state index is 0.109. The molecular formula is C25H22N2O3S. The largest absolute Gasteiger partial charge is 0.311 e. The molecule has 0 atom stereocenters. The van der Waals surface area contributed by atoms with Gasteiger partial charge in [0.05, 0.1) is 16.2 Å². The molecule has 5 nitrogen and oxygen atoms in total. The number of amides is 1. The second-order valence-corrected chi connectivity index (χ2v) is 9.19. The van der Waals surface area contributed by atoms with Crippen LogP contribution in [0.2, 0.25) is 0 Å². The standard InChI is InChI=1S/C25H22N2O3S/c1-17-8-12-19(13-9-17)22(16-26-31(29,30)20-14-10-18(2)11-15-20)24-21-6-4-5-7-23(21)27(3)25(24)28/h4-16H,1-3H3/b24-22+,26-16-. The topological polar surface area (TPSA) is 66.8 Å². The minimum Gasteiger partial charge on any atom is -0.311 e. The lowest BCUT2D eigenvalue weighted by Crippen LogP contribution is -2.21. The lowest BCUT2D eigenvalue weighted by molar-refractivity contribution is -0.112. The average Bonchev–Trinajstić information content (AvgIpc) is 3.01. The highest BCUT2D eigenvalue weighted by atomic mass is 32.2. The molecule has 1 aliphatic heterocycles. The molecule has 0 saturated heterocycles. The second-order valence-electron chi connectivity index (χ2n) is 7.56. The van der Waals surface area contributed by atoms with Gasteiger partial charge in [-0.05, 0) is 37.6 Å². The van der Waals surface area contributed by atoms with E-state index in [-0.39, 0.29) is 10.8 Å². The van der Waals surface area contributed by atoms with E-state index in [1.807, 2.05) is 62.4 Å². The Kier molecular flexibility index (Phi) is 5.33. The molecule has 0 unspecified atom stereocenters. The first kappa shape index (κ1) is 20.8. The monoisotopic (exact) mass is 430 g/mol. The third kappa shape index (κ3) is 3.94. The third-order valence-electron chi connectivity index (χ3n) is 5.32. The molecule has 0 fully saturated rings. The van der Waals surface area contributed by atoms with E-state index in [0.717, 1.165) is 27.9 Å². The van der Waals surface area contributed by atoms with E-state index in [4.69, 9.17) is 0 Å². The number of anilines is 1. The summed E-state index contributed by atoms with van der Waals surface area (Å²) >= 11 is 0. The fourth-order valence-corrected chi connectivity index (χ4v) is 4.39. The van der Waals surface area contributed by atoms with Gasteiger partial charge in [0.15, 0.2) is 0 Å². The van der Waals surface area contributed by atoms with E-state index in [2.05, 4.69) is 4.40 Å². The van der Waals surface area contributed by atoms with Gasteiger partial charge in [0.25, 0.3) is 15.9 Å². The van der Waals surface area contributed by atoms with Gasteiger partial charge in [-0.15, -0.1) is 0 Å². The van der Waals surface area contributed by atoms with Crippen molar-refractivity contribution in [2.75, 3.05) is 11.9 Å². The Labute approximate surface area is 182 Å². The number of hydrogen-bond donors (Lipinski definition) is 0. The van der Waals surface area contributed by atoms with Gasteiger partial charge in [-0.25, -0.2) is 0 Å². The van der Waals surface area contributed by atoms with E-state index in [1.165, 1.54) is 18.3 Å². The zero-order chi connectivity index (χ0) is 22.2. The number of likely N-dealkylation sites (N-methyl/N-ethyl adjacent to an activating group) is 1. The van der Waals surface area contributed by atoms with Crippen LogP contribution >= 0.6 is 0 Å². The number of aryl methyl sites for hydroxylation is 2. The zero-order valence-electron chi connectivity index (χ0n) is 17.5. The third-order valence-corrected chi connectivity index (χ3v) is 6.58. The van der Waals surface area contributed by atoms with Crippen LogP contribution in [0.25, 0.3) is 11.1 Å². The van der Waals surface area contributed by atoms with Crippen molar-refractivity contribution in [3.63, 3.8) is 0 Å². The Morgan fingerprint density at radius 3 is 2.10 bits per heavy atom. The van der Waals surface area contributed by atoms with Gasteiger partial charge < -0.3 is 4.90 Å². The van der Waals surface area contributed by atoms with Crippen molar-refractivity contribution < 1.29 is 13.2 Å². The van der Waals surface area contributed by atoms with Gasteiger partial charge in [-0.3, -0.25) is 4.79 Å². The lowest BCUT2D eigenvalue weighted by Gasteiger charge is -2.10. The molecule has 0 radical (unpaired) electrons. The number of sulfonamides is 1. The van der Waals surface area contributed by atoms with Gasteiger partial charge in [0, 0.05) is 24.4 Å². The molecule has 1 heterocycles. The van der Waals surface area contributed by atoms with E-state index in [1.54, 1.807) is 24.1 Å². The van der Waals surface area contributed by atoms with Crippen LogP contribution in [0.3, 0.4) is 0 Å². The highest BCUT2D eigenvalue weighted by Gasteiger charge is 2.32. The number of hydrogen-bond acceptors (Lipinski definition) is 3. The molecule has 156 valence electrons. The summed E-state index contributed by atoms with van der Waals surface area (Å²) in [6.45, 7) is 3.86. The van der Waals surface area contributed by atoms with E-state index in [0.29, 0.717) is 11.1 Å². The van der Waals surface area contributed by atoms with E-state index < -0.39 is 10.0 Å². The van der Waals surface area contributed by atoms with Crippen LogP contribution in [0.4, 0.5) is 5.69 Å². The van der Waals surface area contributed by atoms with Gasteiger partial charge in [-0.2, -0.15) is 12.8 Å². The molecule has 0 spiro atoms. The first-order valence-electron chi connectivity index (χ1n) is 9.84. The maximum atomic E-state index is 13.1. The van der Waals surface area contributed by atoms with Crippen molar-refractivity contribution in [2.24, 2.45) is 4.40 Å². The van der Waals surface area contributed by atoms with Gasteiger partial charge in [0.2, 0.25) is 0 Å². The summed E-state index contributed by atoms with van der Waals surface area (Å²) in [4.78, 5) is 14.8. The highest BCUT2D eigenvalue weighted by Crippen LogP contribution is 2.39. The Bertz CT molecular complexity index is 1320. The molecule has 3 aromatic carbocycles. The molecule has 3 aromatic rings. The summed E-state index contributed by atoms with van der Waals surface area (Å²) in [5, 5.41) is 0. The van der Waals surface area contributed by atoms with E-state index >= 15 is 0 Å². The molecule has 6 heteroatoms. The first-order valence-corrected chi connectivity index (χ1v) is 11.3. The molecule has 31 heavy (non-hydrogen) atoms. The maximum Gasteiger partial charge on any atom is 0.282 e. The second kappa shape index (κ2) is 7.96. The highest BCUT2D eigenvalue weighted by molar-refractivity contribution is 7.90. The number of fused-ring (bicyclic) bond motifs is 1. The summed E-state index contributed by atoms with van der Waals surface area (Å²) < 4.78 is 29.6. The van der Waals surface area contributed by atoms with Crippen molar-refractivity contribution in [1.82, 2.24) is 0 Å². The van der Waals surface area contributed by atoms with Crippen molar-refractivity contribution in [2.45, 2.75) is 18.7 Å². The number of carbonyl (C=O) groups is 1. The van der Waals surface area contributed by atoms with Crippen LogP contribution in [0.1, 0.15) is 22.3 Å². The zero-order valence-corrected chi connectivity index (χ0v) is 18.3. The predicted octanol–water partition coefficient (Wildman–Crippen LogP) is 4.65. The van der Waals surface area contributed by atoms with E-state index in [9.17, 15) is 13.2 Å². The van der Waals surface area contributed by atoms with Crippen molar-refractivity contribution in [3.05, 3.63) is 95.1 Å². The Morgan fingerprint density at radius 1 is 0.871 bits per heavy atom. The van der Waals surface area contributed by atoms with Crippen LogP contribution in [0.5, 0.6) is 0 Å². The summed E-state index contributed by atoms with van der Waals surface area (Å²) in [5.74, 6) is -0.198. The molecule has 0 N–H and O–H groups in total. The normalized spacial score (nSPS) is 15.5. The Balaban J connectivity index is 1.90. The van der Waals surface area contributed by atoms with Gasteiger partial charge in [0.1, 0.15) is 0 Å². The minimum atomic E-state index is -3.92. The molecular weight excluding hydrogens is 408 g/mol. The summed E-state index contributed by atoms with van der Waals surface area (Å²) in [6.07, 6.45) is 1.29. The Hall–Kier alpha value is -3.51. The molecule has 0 bridgehead atoms. The molecule has 0 aliphatic carbocycles. The fourth-order valence-electron chi connectivity index (χ4n) is 3.54.